The number of nitrogen functional groups attached to an aromatic ring is 1. The van der Waals surface area contributed by atoms with Crippen LogP contribution in [-0.2, 0) is 19.9 Å². The van der Waals surface area contributed by atoms with Gasteiger partial charge in [0.05, 0.1) is 12.8 Å². The Labute approximate surface area is 118 Å². The highest BCUT2D eigenvalue weighted by atomic mass is 16.5. The Morgan fingerprint density at radius 1 is 1.20 bits per heavy atom. The summed E-state index contributed by atoms with van der Waals surface area (Å²) in [6.07, 6.45) is 4.27. The molecule has 0 fully saturated rings. The van der Waals surface area contributed by atoms with Gasteiger partial charge in [-0.1, -0.05) is 0 Å². The molecule has 20 heavy (non-hydrogen) atoms. The van der Waals surface area contributed by atoms with Gasteiger partial charge in [0, 0.05) is 18.3 Å². The summed E-state index contributed by atoms with van der Waals surface area (Å²) in [4.78, 5) is 9.18. The molecule has 0 aliphatic heterocycles. The number of hydrogen-bond acceptors (Lipinski definition) is 5. The monoisotopic (exact) mass is 273 g/mol. The van der Waals surface area contributed by atoms with Crippen LogP contribution in [0.4, 0.5) is 5.82 Å². The summed E-state index contributed by atoms with van der Waals surface area (Å²) in [6, 6.07) is 0. The minimum atomic E-state index is 0.593. The number of nitrogens with zero attached hydrogens (tertiary/aromatic N) is 4. The van der Waals surface area contributed by atoms with Gasteiger partial charge in [-0.15, -0.1) is 0 Å². The molecular weight excluding hydrogens is 254 g/mol. The third kappa shape index (κ3) is 1.92. The fourth-order valence-corrected chi connectivity index (χ4v) is 2.86. The second kappa shape index (κ2) is 4.77. The predicted octanol–water partition coefficient (Wildman–Crippen LogP) is 1.66. The first-order chi connectivity index (χ1) is 9.61. The van der Waals surface area contributed by atoms with Crippen molar-refractivity contribution in [1.82, 2.24) is 19.7 Å². The fraction of sp³-hybridized carbons (Fsp3) is 0.500. The molecule has 2 N–H and O–H groups in total. The fourth-order valence-electron chi connectivity index (χ4n) is 2.86. The molecule has 0 radical (unpaired) electrons. The van der Waals surface area contributed by atoms with E-state index in [9.17, 15) is 0 Å². The van der Waals surface area contributed by atoms with Gasteiger partial charge < -0.3 is 10.5 Å². The number of nitrogens with two attached hydrogens (primary N) is 1. The van der Waals surface area contributed by atoms with Crippen LogP contribution in [0, 0.1) is 6.92 Å². The Bertz CT molecular complexity index is 662. The third-order valence-corrected chi connectivity index (χ3v) is 3.80. The van der Waals surface area contributed by atoms with E-state index < -0.39 is 0 Å². The first-order valence-electron chi connectivity index (χ1n) is 6.85. The summed E-state index contributed by atoms with van der Waals surface area (Å²) < 4.78 is 7.11. The quantitative estimate of drug-likeness (QED) is 0.900. The lowest BCUT2D eigenvalue weighted by molar-refractivity contribution is 0.374. The molecule has 3 rings (SSSR count). The molecule has 0 unspecified atom stereocenters. The van der Waals surface area contributed by atoms with E-state index in [2.05, 4.69) is 10.1 Å². The Hall–Kier alpha value is -2.11. The molecule has 106 valence electrons. The lowest BCUT2D eigenvalue weighted by Crippen LogP contribution is -2.12. The molecule has 0 amide bonds. The number of anilines is 1. The minimum absolute atomic E-state index is 0.593. The highest BCUT2D eigenvalue weighted by Crippen LogP contribution is 2.33. The number of aryl methyl sites for hydroxylation is 3. The van der Waals surface area contributed by atoms with Crippen molar-refractivity contribution in [3.05, 3.63) is 17.0 Å². The molecule has 0 bridgehead atoms. The van der Waals surface area contributed by atoms with Gasteiger partial charge in [0.25, 0.3) is 0 Å². The van der Waals surface area contributed by atoms with E-state index in [0.29, 0.717) is 17.5 Å². The molecule has 2 aromatic rings. The number of hydrogen-bond donors (Lipinski definition) is 1. The Balaban J connectivity index is 2.18. The van der Waals surface area contributed by atoms with Crippen molar-refractivity contribution in [2.24, 2.45) is 7.05 Å². The summed E-state index contributed by atoms with van der Waals surface area (Å²) in [6.45, 7) is 1.93. The van der Waals surface area contributed by atoms with E-state index in [-0.39, 0.29) is 0 Å². The molecule has 0 atom stereocenters. The number of ether oxygens (including phenoxy) is 1. The first kappa shape index (κ1) is 12.9. The van der Waals surface area contributed by atoms with Gasteiger partial charge in [0.2, 0.25) is 5.88 Å². The number of methoxy groups -OCH3 is 1. The molecule has 2 aromatic heterocycles. The lowest BCUT2D eigenvalue weighted by Gasteiger charge is -2.17. The summed E-state index contributed by atoms with van der Waals surface area (Å²) in [7, 11) is 3.47. The van der Waals surface area contributed by atoms with E-state index in [1.54, 1.807) is 11.8 Å². The highest BCUT2D eigenvalue weighted by molar-refractivity contribution is 5.67. The maximum absolute atomic E-state index is 6.11. The molecule has 0 saturated heterocycles. The molecular formula is C14H19N5O. The van der Waals surface area contributed by atoms with E-state index in [1.807, 2.05) is 14.0 Å². The van der Waals surface area contributed by atoms with Crippen LogP contribution < -0.4 is 10.5 Å². The van der Waals surface area contributed by atoms with Crippen molar-refractivity contribution in [2.45, 2.75) is 32.6 Å². The second-order valence-corrected chi connectivity index (χ2v) is 5.16. The van der Waals surface area contributed by atoms with Crippen molar-refractivity contribution >= 4 is 5.82 Å². The van der Waals surface area contributed by atoms with Gasteiger partial charge >= 0.3 is 0 Å². The van der Waals surface area contributed by atoms with Crippen LogP contribution in [0.15, 0.2) is 0 Å². The maximum atomic E-state index is 6.11. The van der Waals surface area contributed by atoms with E-state index in [1.165, 1.54) is 0 Å². The van der Waals surface area contributed by atoms with Crippen molar-refractivity contribution in [3.63, 3.8) is 0 Å². The second-order valence-electron chi connectivity index (χ2n) is 5.16. The van der Waals surface area contributed by atoms with Gasteiger partial charge in [-0.25, -0.2) is 14.6 Å². The Kier molecular flexibility index (Phi) is 3.08. The molecule has 6 nitrogen and oxygen atoms in total. The van der Waals surface area contributed by atoms with Crippen LogP contribution in [0.3, 0.4) is 0 Å². The molecule has 1 aliphatic rings. The normalized spacial score (nSPS) is 14.2. The van der Waals surface area contributed by atoms with E-state index in [0.717, 1.165) is 48.2 Å². The summed E-state index contributed by atoms with van der Waals surface area (Å²) in [5.41, 5.74) is 9.97. The minimum Gasteiger partial charge on any atom is -0.481 e. The SMILES string of the molecule is COc1c(-c2nc(N)c3c(n2)CCCC3)c(C)nn1C. The smallest absolute Gasteiger partial charge is 0.222 e. The number of fused-ring (bicyclic) bond motifs is 1. The maximum Gasteiger partial charge on any atom is 0.222 e. The summed E-state index contributed by atoms with van der Waals surface area (Å²) >= 11 is 0. The van der Waals surface area contributed by atoms with Gasteiger partial charge in [0.15, 0.2) is 5.82 Å². The van der Waals surface area contributed by atoms with Crippen LogP contribution in [-0.4, -0.2) is 26.9 Å². The Morgan fingerprint density at radius 3 is 2.70 bits per heavy atom. The molecule has 0 spiro atoms. The van der Waals surface area contributed by atoms with Crippen molar-refractivity contribution in [3.8, 4) is 17.3 Å². The van der Waals surface area contributed by atoms with Crippen molar-refractivity contribution < 1.29 is 4.74 Å². The van der Waals surface area contributed by atoms with Crippen molar-refractivity contribution in [2.75, 3.05) is 12.8 Å². The molecule has 1 aliphatic carbocycles. The van der Waals surface area contributed by atoms with Gasteiger partial charge in [-0.2, -0.15) is 5.10 Å². The van der Waals surface area contributed by atoms with E-state index in [4.69, 9.17) is 15.5 Å². The summed E-state index contributed by atoms with van der Waals surface area (Å²) in [5, 5.41) is 4.37. The zero-order valence-corrected chi connectivity index (χ0v) is 12.1. The van der Waals surface area contributed by atoms with E-state index >= 15 is 0 Å². The molecule has 0 aromatic carbocycles. The van der Waals surface area contributed by atoms with Crippen LogP contribution >= 0.6 is 0 Å². The Morgan fingerprint density at radius 2 is 1.95 bits per heavy atom. The first-order valence-corrected chi connectivity index (χ1v) is 6.85. The average molecular weight is 273 g/mol. The number of aromatic nitrogens is 4. The highest BCUT2D eigenvalue weighted by Gasteiger charge is 2.22. The molecule has 0 saturated carbocycles. The molecule has 2 heterocycles. The van der Waals surface area contributed by atoms with Gasteiger partial charge in [-0.3, -0.25) is 0 Å². The van der Waals surface area contributed by atoms with Gasteiger partial charge in [0.1, 0.15) is 11.4 Å². The van der Waals surface area contributed by atoms with Gasteiger partial charge in [-0.05, 0) is 32.6 Å². The predicted molar refractivity (Wildman–Crippen MR) is 76.6 cm³/mol. The average Bonchev–Trinajstić information content (AvgIpc) is 2.72. The lowest BCUT2D eigenvalue weighted by atomic mass is 9.96. The van der Waals surface area contributed by atoms with Crippen LogP contribution in [0.5, 0.6) is 5.88 Å². The van der Waals surface area contributed by atoms with Crippen LogP contribution in [0.2, 0.25) is 0 Å². The van der Waals surface area contributed by atoms with Crippen LogP contribution in [0.1, 0.15) is 29.8 Å². The van der Waals surface area contributed by atoms with Crippen molar-refractivity contribution in [1.29, 1.82) is 0 Å². The zero-order valence-electron chi connectivity index (χ0n) is 12.1. The standard InChI is InChI=1S/C14H19N5O/c1-8-11(14(20-3)19(2)18-8)13-16-10-7-5-4-6-9(10)12(15)17-13/h4-7H2,1-3H3,(H2,15,16,17). The number of rotatable bonds is 2. The third-order valence-electron chi connectivity index (χ3n) is 3.80. The summed E-state index contributed by atoms with van der Waals surface area (Å²) in [5.74, 6) is 1.87. The largest absolute Gasteiger partial charge is 0.481 e. The molecule has 6 heteroatoms. The zero-order chi connectivity index (χ0) is 14.3. The topological polar surface area (TPSA) is 78.8 Å². The van der Waals surface area contributed by atoms with Crippen LogP contribution in [0.25, 0.3) is 11.4 Å².